The first-order valence-corrected chi connectivity index (χ1v) is 15.3. The van der Waals surface area contributed by atoms with E-state index in [-0.39, 0.29) is 6.15 Å². The average molecular weight is 449 g/mol. The summed E-state index contributed by atoms with van der Waals surface area (Å²) in [5.74, 6) is 0. The summed E-state index contributed by atoms with van der Waals surface area (Å²) < 4.78 is 5.94. The van der Waals surface area contributed by atoms with Crippen LogP contribution in [0.25, 0.3) is 0 Å². The van der Waals surface area contributed by atoms with E-state index in [4.69, 9.17) is 4.44 Å². The summed E-state index contributed by atoms with van der Waals surface area (Å²) in [6.07, 6.45) is 26.4. The van der Waals surface area contributed by atoms with Crippen LogP contribution in [0, 0.1) is 0 Å². The van der Waals surface area contributed by atoms with E-state index in [2.05, 4.69) is 20.8 Å². The Labute approximate surface area is 190 Å². The van der Waals surface area contributed by atoms with Gasteiger partial charge in [0.05, 0.1) is 18.5 Å². The maximum Gasteiger partial charge on any atom is 0.670 e. The molecule has 0 radical (unpaired) electrons. The van der Waals surface area contributed by atoms with E-state index in [9.17, 15) is 10.0 Å². The lowest BCUT2D eigenvalue weighted by Gasteiger charge is -2.26. The lowest BCUT2D eigenvalue weighted by molar-refractivity contribution is 0.295. The molecule has 182 valence electrons. The van der Waals surface area contributed by atoms with Gasteiger partial charge >= 0.3 is 7.32 Å². The number of hydrogen-bond donors (Lipinski definition) is 3. The van der Waals surface area contributed by atoms with Crippen molar-refractivity contribution in [3.8, 4) is 0 Å². The molecule has 0 rings (SSSR count). The standard InChI is InChI=1S/C24H53BO3P.H3N/c1-4-7-10-13-16-19-22-29(28-25(26)27,23-20-17-14-11-8-5-2)24-21-18-15-12-9-6-3;/h26-27H,4-24H2,1-3H3;1H3/q+1;. The van der Waals surface area contributed by atoms with Crippen molar-refractivity contribution in [3.05, 3.63) is 0 Å². The van der Waals surface area contributed by atoms with Crippen LogP contribution < -0.4 is 6.15 Å². The first-order chi connectivity index (χ1) is 14.1. The molecule has 0 aliphatic rings. The molecule has 0 saturated carbocycles. The molecule has 5 N–H and O–H groups in total. The molecule has 0 aromatic rings. The molecule has 6 heteroatoms. The molecular formula is C24H56BNO3P+. The molecule has 0 unspecified atom stereocenters. The zero-order valence-electron chi connectivity index (χ0n) is 20.9. The molecule has 30 heavy (non-hydrogen) atoms. The van der Waals surface area contributed by atoms with Gasteiger partial charge in [-0.15, -0.1) is 0 Å². The van der Waals surface area contributed by atoms with Crippen molar-refractivity contribution in [2.75, 3.05) is 18.5 Å². The van der Waals surface area contributed by atoms with Crippen LogP contribution in [0.4, 0.5) is 0 Å². The Hall–Kier alpha value is 0.335. The molecule has 0 aromatic carbocycles. The fraction of sp³-hybridized carbons (Fsp3) is 1.00. The number of hydrogen-bond acceptors (Lipinski definition) is 4. The van der Waals surface area contributed by atoms with E-state index < -0.39 is 14.8 Å². The van der Waals surface area contributed by atoms with Crippen LogP contribution in [-0.4, -0.2) is 35.9 Å². The highest BCUT2D eigenvalue weighted by molar-refractivity contribution is 7.72. The Balaban J connectivity index is 0. The first kappa shape index (κ1) is 32.5. The second-order valence-corrected chi connectivity index (χ2v) is 12.6. The van der Waals surface area contributed by atoms with Crippen LogP contribution in [0.3, 0.4) is 0 Å². The third-order valence-corrected chi connectivity index (χ3v) is 10.1. The van der Waals surface area contributed by atoms with Gasteiger partial charge in [-0.25, -0.2) is 4.44 Å². The van der Waals surface area contributed by atoms with E-state index in [0.29, 0.717) is 0 Å². The van der Waals surface area contributed by atoms with Crippen molar-refractivity contribution in [1.29, 1.82) is 0 Å². The molecule has 0 aromatic heterocycles. The van der Waals surface area contributed by atoms with Gasteiger partial charge in [0.25, 0.3) is 0 Å². The van der Waals surface area contributed by atoms with Crippen molar-refractivity contribution >= 4 is 14.8 Å². The van der Waals surface area contributed by atoms with Crippen molar-refractivity contribution in [2.45, 2.75) is 136 Å². The maximum atomic E-state index is 9.67. The minimum atomic E-state index is -1.72. The largest absolute Gasteiger partial charge is 0.670 e. The summed E-state index contributed by atoms with van der Waals surface area (Å²) in [5.41, 5.74) is 0. The minimum absolute atomic E-state index is 0. The minimum Gasteiger partial charge on any atom is -0.400 e. The first-order valence-electron chi connectivity index (χ1n) is 13.0. The lowest BCUT2D eigenvalue weighted by Crippen LogP contribution is -2.23. The van der Waals surface area contributed by atoms with Gasteiger partial charge in [0.15, 0.2) is 0 Å². The monoisotopic (exact) mass is 448 g/mol. The zero-order chi connectivity index (χ0) is 21.6. The quantitative estimate of drug-likeness (QED) is 0.0836. The highest BCUT2D eigenvalue weighted by Gasteiger charge is 2.41. The van der Waals surface area contributed by atoms with Gasteiger partial charge in [0.1, 0.15) is 7.49 Å². The van der Waals surface area contributed by atoms with E-state index in [1.807, 2.05) is 0 Å². The number of rotatable bonds is 23. The molecule has 0 heterocycles. The molecule has 0 fully saturated rings. The predicted molar refractivity (Wildman–Crippen MR) is 138 cm³/mol. The fourth-order valence-electron chi connectivity index (χ4n) is 4.23. The summed E-state index contributed by atoms with van der Waals surface area (Å²) in [4.78, 5) is 0. The summed E-state index contributed by atoms with van der Waals surface area (Å²) in [5, 5.41) is 19.3. The van der Waals surface area contributed by atoms with Crippen LogP contribution in [-0.2, 0) is 4.44 Å². The zero-order valence-corrected chi connectivity index (χ0v) is 21.8. The molecule has 0 amide bonds. The van der Waals surface area contributed by atoms with Gasteiger partial charge in [-0.2, -0.15) is 0 Å². The predicted octanol–water partition coefficient (Wildman–Crippen LogP) is 8.15. The smallest absolute Gasteiger partial charge is 0.400 e. The van der Waals surface area contributed by atoms with Gasteiger partial charge in [0.2, 0.25) is 0 Å². The second kappa shape index (κ2) is 24.0. The van der Waals surface area contributed by atoms with E-state index in [0.717, 1.165) is 18.5 Å². The Morgan fingerprint density at radius 2 is 0.767 bits per heavy atom. The molecule has 4 nitrogen and oxygen atoms in total. The Bertz CT molecular complexity index is 295. The third-order valence-electron chi connectivity index (χ3n) is 6.08. The van der Waals surface area contributed by atoms with Crippen LogP contribution in [0.1, 0.15) is 136 Å². The van der Waals surface area contributed by atoms with E-state index >= 15 is 0 Å². The van der Waals surface area contributed by atoms with Crippen LogP contribution in [0.15, 0.2) is 0 Å². The average Bonchev–Trinajstić information content (AvgIpc) is 2.69. The van der Waals surface area contributed by atoms with Crippen molar-refractivity contribution in [3.63, 3.8) is 0 Å². The highest BCUT2D eigenvalue weighted by Crippen LogP contribution is 2.62. The Kier molecular flexibility index (Phi) is 26.0. The molecular weight excluding hydrogens is 392 g/mol. The lowest BCUT2D eigenvalue weighted by atomic mass is 10.1. The van der Waals surface area contributed by atoms with E-state index in [1.165, 1.54) is 116 Å². The summed E-state index contributed by atoms with van der Waals surface area (Å²) in [6.45, 7) is 6.77. The third kappa shape index (κ3) is 20.2. The Morgan fingerprint density at radius 3 is 1.03 bits per heavy atom. The molecule has 0 spiro atoms. The topological polar surface area (TPSA) is 84.7 Å². The molecule has 0 bridgehead atoms. The maximum absolute atomic E-state index is 9.67. The molecule has 0 atom stereocenters. The molecule has 0 saturated heterocycles. The van der Waals surface area contributed by atoms with E-state index in [1.54, 1.807) is 0 Å². The molecule has 0 aliphatic heterocycles. The van der Waals surface area contributed by atoms with Gasteiger partial charge in [-0.05, 0) is 38.5 Å². The second-order valence-electron chi connectivity index (χ2n) is 8.96. The van der Waals surface area contributed by atoms with Gasteiger partial charge in [-0.1, -0.05) is 97.8 Å². The van der Waals surface area contributed by atoms with Crippen molar-refractivity contribution in [1.82, 2.24) is 6.15 Å². The van der Waals surface area contributed by atoms with Crippen LogP contribution in [0.5, 0.6) is 0 Å². The van der Waals surface area contributed by atoms with Crippen molar-refractivity contribution < 1.29 is 14.5 Å². The van der Waals surface area contributed by atoms with Crippen LogP contribution >= 0.6 is 7.49 Å². The fourth-order valence-corrected chi connectivity index (χ4v) is 8.02. The van der Waals surface area contributed by atoms with Gasteiger partial charge in [-0.3, -0.25) is 0 Å². The highest BCUT2D eigenvalue weighted by atomic mass is 31.2. The summed E-state index contributed by atoms with van der Waals surface area (Å²) >= 11 is 0. The summed E-state index contributed by atoms with van der Waals surface area (Å²) in [6, 6.07) is 0. The molecule has 0 aliphatic carbocycles. The van der Waals surface area contributed by atoms with Gasteiger partial charge in [0, 0.05) is 0 Å². The number of unbranched alkanes of at least 4 members (excludes halogenated alkanes) is 15. The SMILES string of the molecule is CCCCCCCC[P+](CCCCCCCC)(CCCCCCCC)OB(O)O.N. The van der Waals surface area contributed by atoms with Crippen LogP contribution in [0.2, 0.25) is 0 Å². The normalized spacial score (nSPS) is 11.5. The van der Waals surface area contributed by atoms with Crippen molar-refractivity contribution in [2.24, 2.45) is 0 Å². The van der Waals surface area contributed by atoms with Gasteiger partial charge < -0.3 is 16.2 Å². The summed E-state index contributed by atoms with van der Waals surface area (Å²) in [7, 11) is -3.31. The Morgan fingerprint density at radius 1 is 0.500 bits per heavy atom.